The molecule has 2 N–H and O–H groups in total. The Morgan fingerprint density at radius 3 is 2.89 bits per heavy atom. The smallest absolute Gasteiger partial charge is 0.294 e. The molecule has 28 heavy (non-hydrogen) atoms. The van der Waals surface area contributed by atoms with E-state index in [2.05, 4.69) is 15.3 Å². The van der Waals surface area contributed by atoms with Gasteiger partial charge < -0.3 is 19.5 Å². The minimum absolute atomic E-state index is 0.162. The van der Waals surface area contributed by atoms with Gasteiger partial charge in [0.15, 0.2) is 0 Å². The van der Waals surface area contributed by atoms with Gasteiger partial charge in [0, 0.05) is 11.1 Å². The van der Waals surface area contributed by atoms with Crippen molar-refractivity contribution in [2.75, 3.05) is 17.8 Å². The molecule has 0 atom stereocenters. The second-order valence-electron chi connectivity index (χ2n) is 6.02. The Morgan fingerprint density at radius 1 is 1.29 bits per heavy atom. The Hall–Kier alpha value is -3.32. The molecule has 7 nitrogen and oxygen atoms in total. The molecule has 2 heterocycles. The number of furan rings is 1. The van der Waals surface area contributed by atoms with E-state index in [4.69, 9.17) is 20.8 Å². The number of halogens is 1. The van der Waals surface area contributed by atoms with E-state index in [1.807, 2.05) is 25.1 Å². The quantitative estimate of drug-likeness (QED) is 0.497. The Balaban J connectivity index is 1.92. The maximum atomic E-state index is 12.6. The second-order valence-corrected chi connectivity index (χ2v) is 6.28. The molecular weight excluding hydrogens is 382 g/mol. The predicted molar refractivity (Wildman–Crippen MR) is 108 cm³/mol. The van der Waals surface area contributed by atoms with Crippen LogP contribution in [0.15, 0.2) is 51.7 Å². The summed E-state index contributed by atoms with van der Waals surface area (Å²) in [6.45, 7) is 2.29. The van der Waals surface area contributed by atoms with E-state index in [9.17, 15) is 9.59 Å². The maximum absolute atomic E-state index is 12.6. The summed E-state index contributed by atoms with van der Waals surface area (Å²) in [6.07, 6.45) is 0. The first kappa shape index (κ1) is 18.1. The number of hydrogen-bond acceptors (Lipinski definition) is 5. The van der Waals surface area contributed by atoms with Gasteiger partial charge in [-0.3, -0.25) is 9.59 Å². The van der Waals surface area contributed by atoms with Gasteiger partial charge in [-0.05, 0) is 37.3 Å². The fourth-order valence-corrected chi connectivity index (χ4v) is 3.06. The second kappa shape index (κ2) is 7.36. The Morgan fingerprint density at radius 2 is 2.11 bits per heavy atom. The average molecular weight is 398 g/mol. The first-order valence-electron chi connectivity index (χ1n) is 8.65. The highest BCUT2D eigenvalue weighted by Crippen LogP contribution is 2.32. The highest BCUT2D eigenvalue weighted by atomic mass is 35.5. The number of ether oxygens (including phenoxy) is 1. The molecule has 0 fully saturated rings. The van der Waals surface area contributed by atoms with Crippen LogP contribution < -0.4 is 15.6 Å². The van der Waals surface area contributed by atoms with Gasteiger partial charge in [0.25, 0.3) is 5.56 Å². The van der Waals surface area contributed by atoms with Crippen LogP contribution in [0.1, 0.15) is 6.92 Å². The first-order valence-corrected chi connectivity index (χ1v) is 9.18. The molecule has 0 radical (unpaired) electrons. The van der Waals surface area contributed by atoms with Crippen molar-refractivity contribution in [1.82, 2.24) is 9.97 Å². The molecule has 2 aromatic carbocycles. The van der Waals surface area contributed by atoms with Crippen LogP contribution in [0.25, 0.3) is 33.5 Å². The molecule has 0 aliphatic rings. The lowest BCUT2D eigenvalue weighted by molar-refractivity contribution is -0.113. The number of anilines is 1. The van der Waals surface area contributed by atoms with Crippen LogP contribution in [0.5, 0.6) is 5.75 Å². The maximum Gasteiger partial charge on any atom is 0.294 e. The number of hydrogen-bond donors (Lipinski definition) is 2. The summed E-state index contributed by atoms with van der Waals surface area (Å²) >= 11 is 5.56. The Labute approximate surface area is 164 Å². The van der Waals surface area contributed by atoms with E-state index in [-0.39, 0.29) is 17.4 Å². The number of aromatic amines is 1. The molecule has 4 aromatic rings. The summed E-state index contributed by atoms with van der Waals surface area (Å²) in [4.78, 5) is 31.6. The van der Waals surface area contributed by atoms with Crippen LogP contribution in [-0.2, 0) is 4.79 Å². The van der Waals surface area contributed by atoms with Crippen molar-refractivity contribution in [3.8, 4) is 17.1 Å². The number of aromatic nitrogens is 2. The average Bonchev–Trinajstić information content (AvgIpc) is 3.08. The van der Waals surface area contributed by atoms with Crippen molar-refractivity contribution in [3.63, 3.8) is 0 Å². The number of para-hydroxylation sites is 1. The molecule has 0 saturated carbocycles. The number of H-pyrrole nitrogens is 1. The number of nitrogens with zero attached hydrogens (tertiary/aromatic N) is 1. The molecule has 142 valence electrons. The van der Waals surface area contributed by atoms with Gasteiger partial charge in [-0.1, -0.05) is 12.1 Å². The lowest BCUT2D eigenvalue weighted by Gasteiger charge is -2.12. The highest BCUT2D eigenvalue weighted by molar-refractivity contribution is 6.29. The van der Waals surface area contributed by atoms with Gasteiger partial charge >= 0.3 is 0 Å². The van der Waals surface area contributed by atoms with E-state index in [1.165, 1.54) is 0 Å². The number of nitrogens with one attached hydrogen (secondary N) is 2. The standard InChI is InChI=1S/C20H16ClN3O4/c1-2-27-14-8-7-11(22-16(25)10-21)9-13(14)19-23-17-12-5-3-4-6-15(12)28-18(17)20(26)24-19/h3-9H,2,10H2,1H3,(H,22,25)(H,23,24,26). The third-order valence-electron chi connectivity index (χ3n) is 4.17. The molecule has 0 spiro atoms. The van der Waals surface area contributed by atoms with Gasteiger partial charge in [-0.25, -0.2) is 4.98 Å². The summed E-state index contributed by atoms with van der Waals surface area (Å²) in [5, 5.41) is 3.43. The molecule has 8 heteroatoms. The van der Waals surface area contributed by atoms with E-state index in [0.717, 1.165) is 5.39 Å². The van der Waals surface area contributed by atoms with Gasteiger partial charge in [0.1, 0.15) is 28.6 Å². The molecule has 0 aliphatic carbocycles. The van der Waals surface area contributed by atoms with E-state index in [1.54, 1.807) is 24.3 Å². The zero-order valence-corrected chi connectivity index (χ0v) is 15.7. The SMILES string of the molecule is CCOc1ccc(NC(=O)CCl)cc1-c1nc2c(oc3ccccc32)c(=O)[nH]1. The summed E-state index contributed by atoms with van der Waals surface area (Å²) in [5.41, 5.74) is 1.87. The number of carbonyl (C=O) groups is 1. The molecular formula is C20H16ClN3O4. The van der Waals surface area contributed by atoms with Crippen LogP contribution >= 0.6 is 11.6 Å². The van der Waals surface area contributed by atoms with Crippen molar-refractivity contribution in [2.24, 2.45) is 0 Å². The number of alkyl halides is 1. The monoisotopic (exact) mass is 397 g/mol. The van der Waals surface area contributed by atoms with Gasteiger partial charge in [0.2, 0.25) is 11.5 Å². The lowest BCUT2D eigenvalue weighted by Crippen LogP contribution is -2.13. The van der Waals surface area contributed by atoms with Crippen molar-refractivity contribution in [1.29, 1.82) is 0 Å². The predicted octanol–water partition coefficient (Wildman–Crippen LogP) is 3.91. The summed E-state index contributed by atoms with van der Waals surface area (Å²) in [5.74, 6) is 0.343. The zero-order valence-electron chi connectivity index (χ0n) is 14.9. The van der Waals surface area contributed by atoms with Gasteiger partial charge in [-0.2, -0.15) is 0 Å². The molecule has 0 saturated heterocycles. The van der Waals surface area contributed by atoms with Crippen molar-refractivity contribution >= 4 is 45.3 Å². The largest absolute Gasteiger partial charge is 0.493 e. The molecule has 4 rings (SSSR count). The zero-order chi connectivity index (χ0) is 19.7. The first-order chi connectivity index (χ1) is 13.6. The third-order valence-corrected chi connectivity index (χ3v) is 4.41. The van der Waals surface area contributed by atoms with Crippen LogP contribution in [-0.4, -0.2) is 28.4 Å². The molecule has 0 bridgehead atoms. The number of amides is 1. The van der Waals surface area contributed by atoms with E-state index in [0.29, 0.717) is 40.5 Å². The summed E-state index contributed by atoms with van der Waals surface area (Å²) in [7, 11) is 0. The summed E-state index contributed by atoms with van der Waals surface area (Å²) < 4.78 is 11.3. The normalized spacial score (nSPS) is 11.1. The molecule has 2 aromatic heterocycles. The molecule has 1 amide bonds. The minimum atomic E-state index is -0.395. The number of carbonyl (C=O) groups excluding carboxylic acids is 1. The fourth-order valence-electron chi connectivity index (χ4n) is 3.00. The van der Waals surface area contributed by atoms with Gasteiger partial charge in [-0.15, -0.1) is 11.6 Å². The Bertz CT molecular complexity index is 1250. The van der Waals surface area contributed by atoms with E-state index >= 15 is 0 Å². The summed E-state index contributed by atoms with van der Waals surface area (Å²) in [6, 6.07) is 12.4. The van der Waals surface area contributed by atoms with Crippen molar-refractivity contribution < 1.29 is 13.9 Å². The van der Waals surface area contributed by atoms with Crippen LogP contribution in [0.4, 0.5) is 5.69 Å². The minimum Gasteiger partial charge on any atom is -0.493 e. The number of benzene rings is 2. The van der Waals surface area contributed by atoms with Crippen molar-refractivity contribution in [2.45, 2.75) is 6.92 Å². The lowest BCUT2D eigenvalue weighted by atomic mass is 10.1. The fraction of sp³-hybridized carbons (Fsp3) is 0.150. The third kappa shape index (κ3) is 3.20. The molecule has 0 unspecified atom stereocenters. The highest BCUT2D eigenvalue weighted by Gasteiger charge is 2.17. The molecule has 0 aliphatic heterocycles. The topological polar surface area (TPSA) is 97.2 Å². The Kier molecular flexibility index (Phi) is 4.75. The number of rotatable bonds is 5. The van der Waals surface area contributed by atoms with Crippen LogP contribution in [0, 0.1) is 0 Å². The number of fused-ring (bicyclic) bond motifs is 3. The van der Waals surface area contributed by atoms with E-state index < -0.39 is 5.56 Å². The van der Waals surface area contributed by atoms with Crippen LogP contribution in [0.2, 0.25) is 0 Å². The van der Waals surface area contributed by atoms with Gasteiger partial charge in [0.05, 0.1) is 12.2 Å². The van der Waals surface area contributed by atoms with Crippen molar-refractivity contribution in [3.05, 3.63) is 52.8 Å². The van der Waals surface area contributed by atoms with Crippen LogP contribution in [0.3, 0.4) is 0 Å².